The summed E-state index contributed by atoms with van der Waals surface area (Å²) in [5.41, 5.74) is 2.83. The zero-order chi connectivity index (χ0) is 13.8. The van der Waals surface area contributed by atoms with E-state index in [0.29, 0.717) is 11.7 Å². The van der Waals surface area contributed by atoms with Crippen molar-refractivity contribution in [2.45, 2.75) is 32.1 Å². The molecule has 1 aliphatic carbocycles. The zero-order valence-electron chi connectivity index (χ0n) is 12.1. The van der Waals surface area contributed by atoms with Gasteiger partial charge in [-0.25, -0.2) is 0 Å². The van der Waals surface area contributed by atoms with E-state index in [1.54, 1.807) is 0 Å². The van der Waals surface area contributed by atoms with Gasteiger partial charge in [0.15, 0.2) is 0 Å². The highest BCUT2D eigenvalue weighted by Crippen LogP contribution is 2.26. The average Bonchev–Trinajstić information content (AvgIpc) is 2.49. The molecule has 0 radical (unpaired) electrons. The Morgan fingerprint density at radius 3 is 2.70 bits per heavy atom. The summed E-state index contributed by atoms with van der Waals surface area (Å²) in [6.45, 7) is 3.27. The Balaban J connectivity index is 1.55. The first-order chi connectivity index (χ1) is 9.81. The quantitative estimate of drug-likeness (QED) is 0.836. The van der Waals surface area contributed by atoms with Gasteiger partial charge in [0.2, 0.25) is 0 Å². The van der Waals surface area contributed by atoms with Crippen molar-refractivity contribution in [3.05, 3.63) is 42.0 Å². The molecule has 20 heavy (non-hydrogen) atoms. The molecule has 1 heterocycles. The second kappa shape index (κ2) is 6.36. The summed E-state index contributed by atoms with van der Waals surface area (Å²) in [5.74, 6) is 1.07. The Morgan fingerprint density at radius 1 is 1.15 bits per heavy atom. The van der Waals surface area contributed by atoms with Crippen molar-refractivity contribution in [1.82, 2.24) is 4.90 Å². The van der Waals surface area contributed by atoms with Gasteiger partial charge in [0.05, 0.1) is 0 Å². The molecule has 106 valence electrons. The summed E-state index contributed by atoms with van der Waals surface area (Å²) in [4.78, 5) is 14.0. The molecule has 1 atom stereocenters. The monoisotopic (exact) mass is 269 g/mol. The van der Waals surface area contributed by atoms with Crippen molar-refractivity contribution in [2.75, 3.05) is 19.6 Å². The summed E-state index contributed by atoms with van der Waals surface area (Å²) in [6, 6.07) is 10.7. The van der Waals surface area contributed by atoms with Crippen molar-refractivity contribution in [1.29, 1.82) is 0 Å². The van der Waals surface area contributed by atoms with Crippen LogP contribution < -0.4 is 0 Å². The molecule has 0 spiro atoms. The van der Waals surface area contributed by atoms with E-state index in [2.05, 4.69) is 41.3 Å². The van der Waals surface area contributed by atoms with Gasteiger partial charge in [-0.2, -0.15) is 0 Å². The van der Waals surface area contributed by atoms with Gasteiger partial charge in [-0.15, -0.1) is 0 Å². The van der Waals surface area contributed by atoms with Gasteiger partial charge in [0.25, 0.3) is 0 Å². The van der Waals surface area contributed by atoms with Crippen LogP contribution >= 0.6 is 0 Å². The minimum absolute atomic E-state index is 0.471. The predicted octanol–water partition coefficient (Wildman–Crippen LogP) is 3.54. The number of nitrogens with zero attached hydrogens (tertiary/aromatic N) is 1. The van der Waals surface area contributed by atoms with Crippen molar-refractivity contribution in [2.24, 2.45) is 5.92 Å². The molecule has 1 fully saturated rings. The van der Waals surface area contributed by atoms with Crippen LogP contribution in [0.1, 0.15) is 37.7 Å². The lowest BCUT2D eigenvalue weighted by Crippen LogP contribution is -2.35. The van der Waals surface area contributed by atoms with Gasteiger partial charge >= 0.3 is 0 Å². The molecule has 0 bridgehead atoms. The average molecular weight is 269 g/mol. The molecule has 0 aromatic heterocycles. The Morgan fingerprint density at radius 2 is 2.00 bits per heavy atom. The molecule has 3 rings (SSSR count). The Labute approximate surface area is 121 Å². The molecule has 0 amide bonds. The van der Waals surface area contributed by atoms with E-state index in [9.17, 15) is 4.79 Å². The largest absolute Gasteiger partial charge is 0.300 e. The SMILES string of the molecule is O=C1CCCC(CN2CC=C(c3ccccc3)CC2)C1. The second-order valence-corrected chi connectivity index (χ2v) is 6.11. The van der Waals surface area contributed by atoms with E-state index in [0.717, 1.165) is 45.3 Å². The van der Waals surface area contributed by atoms with Crippen molar-refractivity contribution < 1.29 is 4.79 Å². The third-order valence-corrected chi connectivity index (χ3v) is 4.54. The van der Waals surface area contributed by atoms with E-state index in [1.165, 1.54) is 17.6 Å². The third-order valence-electron chi connectivity index (χ3n) is 4.54. The van der Waals surface area contributed by atoms with E-state index in [1.807, 2.05) is 0 Å². The normalized spacial score (nSPS) is 24.5. The van der Waals surface area contributed by atoms with Crippen LogP contribution in [-0.2, 0) is 4.79 Å². The first-order valence-corrected chi connectivity index (χ1v) is 7.80. The maximum Gasteiger partial charge on any atom is 0.133 e. The summed E-state index contributed by atoms with van der Waals surface area (Å²) in [5, 5.41) is 0. The van der Waals surface area contributed by atoms with Gasteiger partial charge < -0.3 is 0 Å². The minimum atomic E-state index is 0.471. The van der Waals surface area contributed by atoms with E-state index >= 15 is 0 Å². The topological polar surface area (TPSA) is 20.3 Å². The lowest BCUT2D eigenvalue weighted by atomic mass is 9.87. The standard InChI is InChI=1S/C18H23NO/c20-18-8-4-5-15(13-18)14-19-11-9-17(10-12-19)16-6-2-1-3-7-16/h1-3,6-7,9,15H,4-5,8,10-14H2. The van der Waals surface area contributed by atoms with Gasteiger partial charge in [-0.3, -0.25) is 9.69 Å². The number of ketones is 1. The number of Topliss-reactive ketones (excluding diaryl/α,β-unsaturated/α-hetero) is 1. The van der Waals surface area contributed by atoms with E-state index < -0.39 is 0 Å². The fourth-order valence-corrected chi connectivity index (χ4v) is 3.43. The highest BCUT2D eigenvalue weighted by molar-refractivity contribution is 5.79. The first kappa shape index (κ1) is 13.6. The molecule has 2 aliphatic rings. The number of carbonyl (C=O) groups excluding carboxylic acids is 1. The molecular formula is C18H23NO. The lowest BCUT2D eigenvalue weighted by Gasteiger charge is -2.31. The molecule has 1 aromatic carbocycles. The van der Waals surface area contributed by atoms with Gasteiger partial charge in [-0.1, -0.05) is 36.4 Å². The third kappa shape index (κ3) is 3.37. The van der Waals surface area contributed by atoms with Crippen LogP contribution in [0.15, 0.2) is 36.4 Å². The summed E-state index contributed by atoms with van der Waals surface area (Å²) in [6.07, 6.45) is 7.45. The van der Waals surface area contributed by atoms with Crippen LogP contribution in [0, 0.1) is 5.92 Å². The van der Waals surface area contributed by atoms with Crippen LogP contribution in [0.25, 0.3) is 5.57 Å². The van der Waals surface area contributed by atoms with Crippen LogP contribution in [0.3, 0.4) is 0 Å². The molecular weight excluding hydrogens is 246 g/mol. The van der Waals surface area contributed by atoms with Gasteiger partial charge in [-0.05, 0) is 36.3 Å². The van der Waals surface area contributed by atoms with Crippen molar-refractivity contribution >= 4 is 11.4 Å². The molecule has 1 aliphatic heterocycles. The predicted molar refractivity (Wildman–Crippen MR) is 82.4 cm³/mol. The highest BCUT2D eigenvalue weighted by atomic mass is 16.1. The van der Waals surface area contributed by atoms with Crippen LogP contribution in [-0.4, -0.2) is 30.3 Å². The van der Waals surface area contributed by atoms with Crippen molar-refractivity contribution in [3.63, 3.8) is 0 Å². The van der Waals surface area contributed by atoms with E-state index in [4.69, 9.17) is 0 Å². The van der Waals surface area contributed by atoms with E-state index in [-0.39, 0.29) is 0 Å². The zero-order valence-corrected chi connectivity index (χ0v) is 12.1. The Bertz CT molecular complexity index is 491. The van der Waals surface area contributed by atoms with Gasteiger partial charge in [0.1, 0.15) is 5.78 Å². The minimum Gasteiger partial charge on any atom is -0.300 e. The lowest BCUT2D eigenvalue weighted by molar-refractivity contribution is -0.121. The number of carbonyl (C=O) groups is 1. The number of hydrogen-bond donors (Lipinski definition) is 0. The van der Waals surface area contributed by atoms with Crippen LogP contribution in [0.2, 0.25) is 0 Å². The van der Waals surface area contributed by atoms with Crippen LogP contribution in [0.5, 0.6) is 0 Å². The smallest absolute Gasteiger partial charge is 0.133 e. The fraction of sp³-hybridized carbons (Fsp3) is 0.500. The molecule has 1 saturated carbocycles. The van der Waals surface area contributed by atoms with Gasteiger partial charge in [0, 0.05) is 32.5 Å². The fourth-order valence-electron chi connectivity index (χ4n) is 3.43. The number of rotatable bonds is 3. The molecule has 0 saturated heterocycles. The second-order valence-electron chi connectivity index (χ2n) is 6.11. The number of benzene rings is 1. The summed E-state index contributed by atoms with van der Waals surface area (Å²) >= 11 is 0. The molecule has 1 unspecified atom stereocenters. The molecule has 2 heteroatoms. The number of hydrogen-bond acceptors (Lipinski definition) is 2. The van der Waals surface area contributed by atoms with Crippen molar-refractivity contribution in [3.8, 4) is 0 Å². The van der Waals surface area contributed by atoms with Crippen LogP contribution in [0.4, 0.5) is 0 Å². The summed E-state index contributed by atoms with van der Waals surface area (Å²) < 4.78 is 0. The first-order valence-electron chi connectivity index (χ1n) is 7.80. The maximum absolute atomic E-state index is 11.5. The molecule has 2 nitrogen and oxygen atoms in total. The highest BCUT2D eigenvalue weighted by Gasteiger charge is 2.22. The Kier molecular flexibility index (Phi) is 4.31. The molecule has 1 aromatic rings. The Hall–Kier alpha value is -1.41. The maximum atomic E-state index is 11.5. The summed E-state index contributed by atoms with van der Waals surface area (Å²) in [7, 11) is 0. The molecule has 0 N–H and O–H groups in total.